The number of nitrogens with zero attached hydrogens (tertiary/aromatic N) is 4. The molecule has 1 aliphatic heterocycles. The van der Waals surface area contributed by atoms with Crippen molar-refractivity contribution in [2.24, 2.45) is 5.92 Å². The molecule has 29 heavy (non-hydrogen) atoms. The van der Waals surface area contributed by atoms with Gasteiger partial charge < -0.3 is 4.90 Å². The van der Waals surface area contributed by atoms with E-state index in [9.17, 15) is 13.2 Å². The highest BCUT2D eigenvalue weighted by Gasteiger charge is 2.31. The van der Waals surface area contributed by atoms with Crippen molar-refractivity contribution >= 4 is 48.8 Å². The summed E-state index contributed by atoms with van der Waals surface area (Å²) in [6.45, 7) is 8.50. The van der Waals surface area contributed by atoms with Crippen LogP contribution in [-0.4, -0.2) is 59.5 Å². The lowest BCUT2D eigenvalue weighted by atomic mass is 10.2. The summed E-state index contributed by atoms with van der Waals surface area (Å²) in [5.74, 6) is 0.437. The largest absolute Gasteiger partial charge is 0.335 e. The number of piperazine rings is 1. The van der Waals surface area contributed by atoms with Gasteiger partial charge in [-0.05, 0) is 30.4 Å². The van der Waals surface area contributed by atoms with E-state index in [4.69, 9.17) is 0 Å². The summed E-state index contributed by atoms with van der Waals surface area (Å²) in [5.41, 5.74) is 0.933. The number of thiophene rings is 2. The van der Waals surface area contributed by atoms with Crippen molar-refractivity contribution in [3.05, 3.63) is 34.2 Å². The molecule has 3 aromatic rings. The average Bonchev–Trinajstić information content (AvgIpc) is 3.41. The molecule has 0 spiro atoms. The molecule has 0 radical (unpaired) electrons. The highest BCUT2D eigenvalue weighted by Crippen LogP contribution is 2.30. The number of sulfonamides is 1. The van der Waals surface area contributed by atoms with E-state index in [-0.39, 0.29) is 5.91 Å². The summed E-state index contributed by atoms with van der Waals surface area (Å²) >= 11 is 2.69. The first-order valence-corrected chi connectivity index (χ1v) is 12.7. The molecule has 0 saturated carbocycles. The summed E-state index contributed by atoms with van der Waals surface area (Å²) in [5, 5.41) is 7.38. The molecule has 3 aromatic heterocycles. The Morgan fingerprint density at radius 3 is 2.59 bits per heavy atom. The van der Waals surface area contributed by atoms with Gasteiger partial charge >= 0.3 is 0 Å². The number of hydrogen-bond acceptors (Lipinski definition) is 6. The lowest BCUT2D eigenvalue weighted by Gasteiger charge is -2.33. The SMILES string of the molecule is Cc1nn(CC(C)C)c2sc(C(=O)N3CCN(S(=O)(=O)c4cccs4)CC3)cc12. The van der Waals surface area contributed by atoms with Crippen molar-refractivity contribution in [3.8, 4) is 0 Å². The van der Waals surface area contributed by atoms with Gasteiger partial charge in [0.05, 0.1) is 10.6 Å². The number of rotatable bonds is 5. The van der Waals surface area contributed by atoms with E-state index in [2.05, 4.69) is 18.9 Å². The van der Waals surface area contributed by atoms with Gasteiger partial charge in [0.1, 0.15) is 9.04 Å². The van der Waals surface area contributed by atoms with Crippen LogP contribution in [0.5, 0.6) is 0 Å². The normalized spacial score (nSPS) is 16.2. The minimum Gasteiger partial charge on any atom is -0.335 e. The third-order valence-corrected chi connectivity index (χ3v) is 9.38. The van der Waals surface area contributed by atoms with Crippen LogP contribution in [0.4, 0.5) is 0 Å². The van der Waals surface area contributed by atoms with Crippen molar-refractivity contribution in [1.82, 2.24) is 19.0 Å². The van der Waals surface area contributed by atoms with Gasteiger partial charge in [0.15, 0.2) is 0 Å². The third-order valence-electron chi connectivity index (χ3n) is 4.97. The zero-order valence-electron chi connectivity index (χ0n) is 16.7. The number of aryl methyl sites for hydroxylation is 1. The van der Waals surface area contributed by atoms with Gasteiger partial charge in [-0.25, -0.2) is 8.42 Å². The summed E-state index contributed by atoms with van der Waals surface area (Å²) in [6.07, 6.45) is 0. The number of amides is 1. The topological polar surface area (TPSA) is 75.5 Å². The molecular formula is C19H24N4O3S3. The summed E-state index contributed by atoms with van der Waals surface area (Å²) in [7, 11) is -3.46. The van der Waals surface area contributed by atoms with E-state index < -0.39 is 10.0 Å². The fourth-order valence-corrected chi connectivity index (χ4v) is 7.22. The monoisotopic (exact) mass is 452 g/mol. The number of carbonyl (C=O) groups excluding carboxylic acids is 1. The van der Waals surface area contributed by atoms with E-state index in [0.717, 1.165) is 22.5 Å². The van der Waals surface area contributed by atoms with Gasteiger partial charge in [-0.15, -0.1) is 22.7 Å². The van der Waals surface area contributed by atoms with Crippen LogP contribution < -0.4 is 0 Å². The van der Waals surface area contributed by atoms with Gasteiger partial charge in [-0.1, -0.05) is 19.9 Å². The van der Waals surface area contributed by atoms with Crippen molar-refractivity contribution in [1.29, 1.82) is 0 Å². The van der Waals surface area contributed by atoms with Crippen molar-refractivity contribution < 1.29 is 13.2 Å². The highest BCUT2D eigenvalue weighted by atomic mass is 32.2. The molecule has 0 aliphatic carbocycles. The van der Waals surface area contributed by atoms with E-state index in [1.165, 1.54) is 27.0 Å². The molecule has 0 unspecified atom stereocenters. The van der Waals surface area contributed by atoms with E-state index in [1.807, 2.05) is 17.7 Å². The second-order valence-electron chi connectivity index (χ2n) is 7.62. The van der Waals surface area contributed by atoms with Crippen LogP contribution in [0.25, 0.3) is 10.2 Å². The molecule has 0 bridgehead atoms. The lowest BCUT2D eigenvalue weighted by Crippen LogP contribution is -2.50. The Morgan fingerprint density at radius 2 is 1.97 bits per heavy atom. The Hall–Kier alpha value is -1.75. The van der Waals surface area contributed by atoms with Gasteiger partial charge in [0.2, 0.25) is 0 Å². The van der Waals surface area contributed by atoms with Crippen LogP contribution in [0.2, 0.25) is 0 Å². The van der Waals surface area contributed by atoms with Gasteiger partial charge in [-0.2, -0.15) is 9.40 Å². The zero-order chi connectivity index (χ0) is 20.8. The standard InChI is InChI=1S/C19H24N4O3S3/c1-13(2)12-23-19-15(14(3)20-23)11-16(28-19)18(24)21-6-8-22(9-7-21)29(25,26)17-5-4-10-27-17/h4-5,10-11,13H,6-9,12H2,1-3H3. The second-order valence-corrected chi connectivity index (χ2v) is 11.8. The van der Waals surface area contributed by atoms with Crippen LogP contribution in [0.3, 0.4) is 0 Å². The van der Waals surface area contributed by atoms with E-state index >= 15 is 0 Å². The molecule has 7 nitrogen and oxygen atoms in total. The van der Waals surface area contributed by atoms with Crippen LogP contribution in [0.15, 0.2) is 27.8 Å². The number of fused-ring (bicyclic) bond motifs is 1. The van der Waals surface area contributed by atoms with Crippen LogP contribution in [0, 0.1) is 12.8 Å². The van der Waals surface area contributed by atoms with Crippen LogP contribution in [0.1, 0.15) is 29.2 Å². The molecule has 1 saturated heterocycles. The first-order chi connectivity index (χ1) is 13.8. The maximum Gasteiger partial charge on any atom is 0.264 e. The third kappa shape index (κ3) is 3.86. The molecule has 1 fully saturated rings. The first-order valence-electron chi connectivity index (χ1n) is 9.57. The fourth-order valence-electron chi connectivity index (χ4n) is 3.51. The predicted octanol–water partition coefficient (Wildman–Crippen LogP) is 3.27. The predicted molar refractivity (Wildman–Crippen MR) is 116 cm³/mol. The van der Waals surface area contributed by atoms with E-state index in [0.29, 0.717) is 41.2 Å². The molecule has 156 valence electrons. The number of aromatic nitrogens is 2. The molecular weight excluding hydrogens is 428 g/mol. The van der Waals surface area contributed by atoms with Gasteiger partial charge in [0, 0.05) is 38.1 Å². The summed E-state index contributed by atoms with van der Waals surface area (Å²) in [6, 6.07) is 5.29. The lowest BCUT2D eigenvalue weighted by molar-refractivity contribution is 0.0703. The average molecular weight is 453 g/mol. The molecule has 1 amide bonds. The molecule has 0 atom stereocenters. The molecule has 4 heterocycles. The van der Waals surface area contributed by atoms with Crippen molar-refractivity contribution in [2.45, 2.75) is 31.5 Å². The van der Waals surface area contributed by atoms with Gasteiger partial charge in [0.25, 0.3) is 15.9 Å². The molecule has 0 aromatic carbocycles. The molecule has 1 aliphatic rings. The minimum absolute atomic E-state index is 0.0325. The van der Waals surface area contributed by atoms with Crippen molar-refractivity contribution in [2.75, 3.05) is 26.2 Å². The second kappa shape index (κ2) is 7.82. The maximum absolute atomic E-state index is 13.0. The molecule has 10 heteroatoms. The Bertz CT molecular complexity index is 1120. The number of hydrogen-bond donors (Lipinski definition) is 0. The van der Waals surface area contributed by atoms with Crippen LogP contribution in [-0.2, 0) is 16.6 Å². The molecule has 0 N–H and O–H groups in total. The fraction of sp³-hybridized carbons (Fsp3) is 0.474. The van der Waals surface area contributed by atoms with Crippen LogP contribution >= 0.6 is 22.7 Å². The Balaban J connectivity index is 1.49. The number of carbonyl (C=O) groups is 1. The first kappa shape index (κ1) is 20.5. The smallest absolute Gasteiger partial charge is 0.264 e. The maximum atomic E-state index is 13.0. The van der Waals surface area contributed by atoms with Gasteiger partial charge in [-0.3, -0.25) is 9.48 Å². The van der Waals surface area contributed by atoms with Crippen molar-refractivity contribution in [3.63, 3.8) is 0 Å². The molecule has 4 rings (SSSR count). The minimum atomic E-state index is -3.46. The zero-order valence-corrected chi connectivity index (χ0v) is 19.1. The Kier molecular flexibility index (Phi) is 5.54. The summed E-state index contributed by atoms with van der Waals surface area (Å²) in [4.78, 5) is 16.5. The quantitative estimate of drug-likeness (QED) is 0.595. The Morgan fingerprint density at radius 1 is 1.24 bits per heavy atom. The summed E-state index contributed by atoms with van der Waals surface area (Å²) < 4.78 is 29.1. The van der Waals surface area contributed by atoms with E-state index in [1.54, 1.807) is 22.4 Å². The Labute approximate surface area is 178 Å². The highest BCUT2D eigenvalue weighted by molar-refractivity contribution is 7.91.